The molecule has 3 heteroatoms. The van der Waals surface area contributed by atoms with Crippen LogP contribution in [0.5, 0.6) is 0 Å². The molecule has 0 unspecified atom stereocenters. The van der Waals surface area contributed by atoms with Gasteiger partial charge in [0.05, 0.1) is 6.61 Å². The molecule has 1 aromatic rings. The largest absolute Gasteiger partial charge is 0.304 e. The third kappa shape index (κ3) is 2.44. The Balaban J connectivity index is 2.96. The summed E-state index contributed by atoms with van der Waals surface area (Å²) in [7, 11) is 0. The highest BCUT2D eigenvalue weighted by molar-refractivity contribution is 6.31. The Morgan fingerprint density at radius 1 is 1.38 bits per heavy atom. The molecule has 0 amide bonds. The van der Waals surface area contributed by atoms with Gasteiger partial charge in [0.1, 0.15) is 0 Å². The Morgan fingerprint density at radius 2 is 2.08 bits per heavy atom. The molecule has 1 rings (SSSR count). The number of benzene rings is 1. The maximum absolute atomic E-state index is 6.04. The van der Waals surface area contributed by atoms with Crippen LogP contribution in [0, 0.1) is 13.8 Å². The first kappa shape index (κ1) is 10.5. The van der Waals surface area contributed by atoms with Crippen LogP contribution in [0.2, 0.25) is 5.02 Å². The lowest BCUT2D eigenvalue weighted by atomic mass is 10.0. The van der Waals surface area contributed by atoms with E-state index in [2.05, 4.69) is 18.7 Å². The van der Waals surface area contributed by atoms with Crippen molar-refractivity contribution in [3.8, 4) is 0 Å². The van der Waals surface area contributed by atoms with Crippen LogP contribution in [-0.4, -0.2) is 6.61 Å². The highest BCUT2D eigenvalue weighted by Gasteiger charge is 2.05. The molecule has 0 saturated heterocycles. The van der Waals surface area contributed by atoms with Crippen molar-refractivity contribution in [3.63, 3.8) is 0 Å². The predicted molar refractivity (Wildman–Crippen MR) is 54.8 cm³/mol. The summed E-state index contributed by atoms with van der Waals surface area (Å²) in [6, 6.07) is 3.93. The van der Waals surface area contributed by atoms with Crippen LogP contribution in [-0.2, 0) is 11.3 Å². The van der Waals surface area contributed by atoms with Crippen LogP contribution >= 0.6 is 11.6 Å². The first-order valence-electron chi connectivity index (χ1n) is 4.23. The van der Waals surface area contributed by atoms with E-state index in [0.29, 0.717) is 6.61 Å². The minimum absolute atomic E-state index is 0.504. The Hall–Kier alpha value is -0.570. The first-order chi connectivity index (χ1) is 6.16. The van der Waals surface area contributed by atoms with Gasteiger partial charge in [0, 0.05) is 5.02 Å². The van der Waals surface area contributed by atoms with Crippen molar-refractivity contribution in [2.24, 2.45) is 5.90 Å². The SMILES string of the molecule is Cc1ccc(Cl)c(CCON)c1C. The lowest BCUT2D eigenvalue weighted by Gasteiger charge is -2.09. The number of halogens is 1. The van der Waals surface area contributed by atoms with Gasteiger partial charge in [-0.2, -0.15) is 0 Å². The average molecular weight is 200 g/mol. The van der Waals surface area contributed by atoms with Crippen molar-refractivity contribution in [1.29, 1.82) is 0 Å². The molecule has 2 nitrogen and oxygen atoms in total. The Morgan fingerprint density at radius 3 is 2.69 bits per heavy atom. The quantitative estimate of drug-likeness (QED) is 0.759. The van der Waals surface area contributed by atoms with Crippen molar-refractivity contribution in [3.05, 3.63) is 33.8 Å². The third-order valence-electron chi connectivity index (χ3n) is 2.28. The number of aryl methyl sites for hydroxylation is 1. The second-order valence-corrected chi connectivity index (χ2v) is 3.50. The Kier molecular flexibility index (Phi) is 3.72. The summed E-state index contributed by atoms with van der Waals surface area (Å²) in [5.41, 5.74) is 3.60. The zero-order valence-corrected chi connectivity index (χ0v) is 8.69. The number of nitrogens with two attached hydrogens (primary N) is 1. The van der Waals surface area contributed by atoms with E-state index in [1.807, 2.05) is 12.1 Å². The predicted octanol–water partition coefficient (Wildman–Crippen LogP) is 2.39. The molecule has 13 heavy (non-hydrogen) atoms. The Labute approximate surface area is 83.6 Å². The molecule has 0 heterocycles. The summed E-state index contributed by atoms with van der Waals surface area (Å²) in [6.45, 7) is 4.63. The van der Waals surface area contributed by atoms with E-state index in [1.54, 1.807) is 0 Å². The van der Waals surface area contributed by atoms with E-state index in [0.717, 1.165) is 17.0 Å². The fourth-order valence-corrected chi connectivity index (χ4v) is 1.61. The van der Waals surface area contributed by atoms with Crippen LogP contribution in [0.15, 0.2) is 12.1 Å². The molecule has 0 aliphatic rings. The van der Waals surface area contributed by atoms with Gasteiger partial charge in [-0.1, -0.05) is 17.7 Å². The maximum Gasteiger partial charge on any atom is 0.0720 e. The smallest absolute Gasteiger partial charge is 0.0720 e. The second kappa shape index (κ2) is 4.61. The monoisotopic (exact) mass is 199 g/mol. The van der Waals surface area contributed by atoms with Gasteiger partial charge < -0.3 is 4.84 Å². The topological polar surface area (TPSA) is 35.2 Å². The van der Waals surface area contributed by atoms with Crippen molar-refractivity contribution >= 4 is 11.6 Å². The molecular weight excluding hydrogens is 186 g/mol. The summed E-state index contributed by atoms with van der Waals surface area (Å²) >= 11 is 6.04. The van der Waals surface area contributed by atoms with E-state index in [1.165, 1.54) is 11.1 Å². The highest BCUT2D eigenvalue weighted by Crippen LogP contribution is 2.22. The molecule has 0 spiro atoms. The van der Waals surface area contributed by atoms with Crippen molar-refractivity contribution in [1.82, 2.24) is 0 Å². The summed E-state index contributed by atoms with van der Waals surface area (Å²) in [6.07, 6.45) is 0.767. The number of hydrogen-bond acceptors (Lipinski definition) is 2. The molecule has 1 aromatic carbocycles. The van der Waals surface area contributed by atoms with Crippen LogP contribution in [0.25, 0.3) is 0 Å². The molecule has 0 radical (unpaired) electrons. The molecule has 72 valence electrons. The molecule has 0 aliphatic heterocycles. The molecule has 0 atom stereocenters. The summed E-state index contributed by atoms with van der Waals surface area (Å²) in [5.74, 6) is 4.97. The molecule has 0 bridgehead atoms. The molecule has 0 aromatic heterocycles. The second-order valence-electron chi connectivity index (χ2n) is 3.09. The minimum Gasteiger partial charge on any atom is -0.304 e. The zero-order chi connectivity index (χ0) is 9.84. The van der Waals surface area contributed by atoms with Gasteiger partial charge in [0.2, 0.25) is 0 Å². The molecular formula is C10H14ClNO. The van der Waals surface area contributed by atoms with Crippen LogP contribution in [0.1, 0.15) is 16.7 Å². The van der Waals surface area contributed by atoms with Gasteiger partial charge in [0.15, 0.2) is 0 Å². The fourth-order valence-electron chi connectivity index (χ4n) is 1.31. The van der Waals surface area contributed by atoms with Crippen molar-refractivity contribution in [2.45, 2.75) is 20.3 Å². The van der Waals surface area contributed by atoms with E-state index < -0.39 is 0 Å². The van der Waals surface area contributed by atoms with E-state index in [-0.39, 0.29) is 0 Å². The van der Waals surface area contributed by atoms with Crippen LogP contribution < -0.4 is 5.90 Å². The molecule has 0 aliphatic carbocycles. The molecule has 0 fully saturated rings. The van der Waals surface area contributed by atoms with Crippen LogP contribution in [0.4, 0.5) is 0 Å². The van der Waals surface area contributed by atoms with E-state index >= 15 is 0 Å². The van der Waals surface area contributed by atoms with Gasteiger partial charge in [-0.15, -0.1) is 0 Å². The fraction of sp³-hybridized carbons (Fsp3) is 0.400. The zero-order valence-electron chi connectivity index (χ0n) is 7.93. The lowest BCUT2D eigenvalue weighted by Crippen LogP contribution is -2.05. The highest BCUT2D eigenvalue weighted by atomic mass is 35.5. The van der Waals surface area contributed by atoms with Crippen LogP contribution in [0.3, 0.4) is 0 Å². The summed E-state index contributed by atoms with van der Waals surface area (Å²) < 4.78 is 0. The van der Waals surface area contributed by atoms with Crippen molar-refractivity contribution < 1.29 is 4.84 Å². The van der Waals surface area contributed by atoms with Gasteiger partial charge in [-0.05, 0) is 43.0 Å². The average Bonchev–Trinajstić information content (AvgIpc) is 2.12. The third-order valence-corrected chi connectivity index (χ3v) is 2.64. The van der Waals surface area contributed by atoms with Gasteiger partial charge in [-0.25, -0.2) is 5.90 Å². The summed E-state index contributed by atoms with van der Waals surface area (Å²) in [5, 5.41) is 0.792. The maximum atomic E-state index is 6.04. The summed E-state index contributed by atoms with van der Waals surface area (Å²) in [4.78, 5) is 4.54. The standard InChI is InChI=1S/C10H14ClNO/c1-7-3-4-10(11)9(8(7)2)5-6-13-12/h3-4H,5-6,12H2,1-2H3. The number of rotatable bonds is 3. The Bertz CT molecular complexity index is 299. The molecule has 0 saturated carbocycles. The van der Waals surface area contributed by atoms with Crippen molar-refractivity contribution in [2.75, 3.05) is 6.61 Å². The van der Waals surface area contributed by atoms with Gasteiger partial charge in [-0.3, -0.25) is 0 Å². The van der Waals surface area contributed by atoms with E-state index in [4.69, 9.17) is 17.5 Å². The lowest BCUT2D eigenvalue weighted by molar-refractivity contribution is 0.141. The number of hydrogen-bond donors (Lipinski definition) is 1. The first-order valence-corrected chi connectivity index (χ1v) is 4.61. The minimum atomic E-state index is 0.504. The van der Waals surface area contributed by atoms with E-state index in [9.17, 15) is 0 Å². The molecule has 2 N–H and O–H groups in total. The van der Waals surface area contributed by atoms with Gasteiger partial charge in [0.25, 0.3) is 0 Å². The van der Waals surface area contributed by atoms with Gasteiger partial charge >= 0.3 is 0 Å². The normalized spacial score (nSPS) is 10.5.